The maximum absolute atomic E-state index is 9.63. The van der Waals surface area contributed by atoms with Crippen molar-refractivity contribution in [3.63, 3.8) is 0 Å². The fourth-order valence-electron chi connectivity index (χ4n) is 1.95. The summed E-state index contributed by atoms with van der Waals surface area (Å²) in [5.74, 6) is 0.518. The molecule has 23 heavy (non-hydrogen) atoms. The molecule has 0 atom stereocenters. The molecule has 0 aliphatic heterocycles. The van der Waals surface area contributed by atoms with Gasteiger partial charge in [-0.25, -0.2) is 0 Å². The van der Waals surface area contributed by atoms with Gasteiger partial charge in [0, 0.05) is 5.56 Å². The zero-order chi connectivity index (χ0) is 17.6. The van der Waals surface area contributed by atoms with Crippen molar-refractivity contribution in [2.75, 3.05) is 0 Å². The van der Waals surface area contributed by atoms with Gasteiger partial charge in [0.25, 0.3) is 0 Å². The van der Waals surface area contributed by atoms with Gasteiger partial charge in [-0.1, -0.05) is 35.8 Å². The Morgan fingerprint density at radius 2 is 1.78 bits per heavy atom. The molecular formula is C17H21ClN2O3. The van der Waals surface area contributed by atoms with Gasteiger partial charge in [-0.05, 0) is 55.2 Å². The number of halogens is 1. The van der Waals surface area contributed by atoms with Gasteiger partial charge in [-0.2, -0.15) is 0 Å². The molecule has 124 valence electrons. The van der Waals surface area contributed by atoms with E-state index >= 15 is 0 Å². The summed E-state index contributed by atoms with van der Waals surface area (Å²) in [5, 5.41) is 30.5. The second kappa shape index (κ2) is 8.29. The Morgan fingerprint density at radius 3 is 2.26 bits per heavy atom. The number of para-hydroxylation sites is 1. The molecule has 0 heterocycles. The van der Waals surface area contributed by atoms with Crippen molar-refractivity contribution in [3.8, 4) is 11.5 Å². The van der Waals surface area contributed by atoms with E-state index in [-0.39, 0.29) is 17.3 Å². The first kappa shape index (κ1) is 18.6. The standard InChI is InChI=1S/C10H14N2O2.C7H7ClO/c1-3-7-5-8(10(11)12-14)4-6(2)9(7)13;1-5-3-2-4-6(8)7(5)9/h4-5,13-14H,3H2,1-2H3,(H2,11,12);2-4,9H,1H3. The topological polar surface area (TPSA) is 99.1 Å². The number of hydrogen-bond acceptors (Lipinski definition) is 4. The summed E-state index contributed by atoms with van der Waals surface area (Å²) in [4.78, 5) is 0. The molecule has 6 heteroatoms. The summed E-state index contributed by atoms with van der Waals surface area (Å²) in [6.07, 6.45) is 0.708. The molecule has 0 saturated carbocycles. The van der Waals surface area contributed by atoms with Crippen LogP contribution in [-0.4, -0.2) is 21.3 Å². The van der Waals surface area contributed by atoms with E-state index < -0.39 is 0 Å². The number of rotatable bonds is 2. The molecule has 0 bridgehead atoms. The average molecular weight is 337 g/mol. The van der Waals surface area contributed by atoms with E-state index in [1.165, 1.54) is 0 Å². The van der Waals surface area contributed by atoms with Crippen LogP contribution in [0.2, 0.25) is 5.02 Å². The molecule has 5 nitrogen and oxygen atoms in total. The van der Waals surface area contributed by atoms with Crippen LogP contribution < -0.4 is 5.73 Å². The van der Waals surface area contributed by atoms with Gasteiger partial charge in [-0.15, -0.1) is 0 Å². The van der Waals surface area contributed by atoms with E-state index in [4.69, 9.17) is 27.6 Å². The lowest BCUT2D eigenvalue weighted by Crippen LogP contribution is -2.13. The van der Waals surface area contributed by atoms with Crippen molar-refractivity contribution in [1.82, 2.24) is 0 Å². The molecule has 0 radical (unpaired) electrons. The largest absolute Gasteiger partial charge is 0.507 e. The Labute approximate surface area is 140 Å². The molecule has 2 aromatic carbocycles. The lowest BCUT2D eigenvalue weighted by molar-refractivity contribution is 0.318. The minimum Gasteiger partial charge on any atom is -0.507 e. The molecule has 0 aliphatic carbocycles. The highest BCUT2D eigenvalue weighted by molar-refractivity contribution is 6.32. The quantitative estimate of drug-likeness (QED) is 0.291. The molecule has 0 fully saturated rings. The van der Waals surface area contributed by atoms with E-state index in [9.17, 15) is 5.11 Å². The second-order valence-electron chi connectivity index (χ2n) is 5.05. The minimum absolute atomic E-state index is 0.0581. The van der Waals surface area contributed by atoms with Gasteiger partial charge in [0.15, 0.2) is 5.84 Å². The number of hydrogen-bond donors (Lipinski definition) is 4. The number of nitrogens with two attached hydrogens (primary N) is 1. The maximum Gasteiger partial charge on any atom is 0.170 e. The number of aryl methyl sites for hydroxylation is 3. The lowest BCUT2D eigenvalue weighted by atomic mass is 10.0. The maximum atomic E-state index is 9.63. The highest BCUT2D eigenvalue weighted by Gasteiger charge is 2.07. The molecule has 5 N–H and O–H groups in total. The third-order valence-electron chi connectivity index (χ3n) is 3.35. The van der Waals surface area contributed by atoms with E-state index in [0.717, 1.165) is 16.7 Å². The first-order chi connectivity index (χ1) is 10.8. The predicted octanol–water partition coefficient (Wildman–Crippen LogP) is 3.71. The summed E-state index contributed by atoms with van der Waals surface area (Å²) in [6.45, 7) is 5.52. The predicted molar refractivity (Wildman–Crippen MR) is 92.6 cm³/mol. The van der Waals surface area contributed by atoms with Crippen LogP contribution in [0.15, 0.2) is 35.5 Å². The fourth-order valence-corrected chi connectivity index (χ4v) is 2.17. The van der Waals surface area contributed by atoms with Crippen molar-refractivity contribution >= 4 is 17.4 Å². The minimum atomic E-state index is 0.0581. The molecule has 2 rings (SSSR count). The van der Waals surface area contributed by atoms with Crippen molar-refractivity contribution in [3.05, 3.63) is 57.6 Å². The molecule has 0 aliphatic rings. The van der Waals surface area contributed by atoms with E-state index in [1.54, 1.807) is 44.2 Å². The number of oxime groups is 1. The second-order valence-corrected chi connectivity index (χ2v) is 5.45. The van der Waals surface area contributed by atoms with Crippen LogP contribution in [0.4, 0.5) is 0 Å². The average Bonchev–Trinajstić information content (AvgIpc) is 2.54. The van der Waals surface area contributed by atoms with Gasteiger partial charge in [0.05, 0.1) is 5.02 Å². The Hall–Kier alpha value is -2.40. The third kappa shape index (κ3) is 4.79. The highest BCUT2D eigenvalue weighted by Crippen LogP contribution is 2.25. The SMILES string of the molecule is CCc1cc(C(N)=NO)cc(C)c1O.Cc1cccc(Cl)c1O. The van der Waals surface area contributed by atoms with Gasteiger partial charge < -0.3 is 21.2 Å². The van der Waals surface area contributed by atoms with Gasteiger partial charge in [0.2, 0.25) is 0 Å². The molecule has 0 saturated heterocycles. The van der Waals surface area contributed by atoms with Crippen LogP contribution in [0.1, 0.15) is 29.2 Å². The number of phenolic OH excluding ortho intramolecular Hbond substituents is 2. The van der Waals surface area contributed by atoms with Crippen molar-refractivity contribution in [1.29, 1.82) is 0 Å². The third-order valence-corrected chi connectivity index (χ3v) is 3.66. The zero-order valence-electron chi connectivity index (χ0n) is 13.3. The van der Waals surface area contributed by atoms with Gasteiger partial charge in [0.1, 0.15) is 11.5 Å². The Bertz CT molecular complexity index is 695. The van der Waals surface area contributed by atoms with Gasteiger partial charge in [-0.3, -0.25) is 0 Å². The van der Waals surface area contributed by atoms with Crippen LogP contribution in [0, 0.1) is 13.8 Å². The molecule has 0 amide bonds. The number of phenols is 2. The zero-order valence-corrected chi connectivity index (χ0v) is 14.1. The van der Waals surface area contributed by atoms with E-state index in [1.807, 2.05) is 6.92 Å². The molecule has 2 aromatic rings. The molecule has 0 spiro atoms. The normalized spacial score (nSPS) is 10.9. The monoisotopic (exact) mass is 336 g/mol. The summed E-state index contributed by atoms with van der Waals surface area (Å²) in [5.41, 5.74) is 8.41. The van der Waals surface area contributed by atoms with Crippen molar-refractivity contribution in [2.24, 2.45) is 10.9 Å². The summed E-state index contributed by atoms with van der Waals surface area (Å²) >= 11 is 5.56. The van der Waals surface area contributed by atoms with Gasteiger partial charge >= 0.3 is 0 Å². The van der Waals surface area contributed by atoms with E-state index in [0.29, 0.717) is 17.0 Å². The highest BCUT2D eigenvalue weighted by atomic mass is 35.5. The summed E-state index contributed by atoms with van der Waals surface area (Å²) < 4.78 is 0. The van der Waals surface area contributed by atoms with Crippen LogP contribution in [0.5, 0.6) is 11.5 Å². The van der Waals surface area contributed by atoms with Crippen LogP contribution in [-0.2, 0) is 6.42 Å². The molecule has 0 aromatic heterocycles. The number of aromatic hydroxyl groups is 2. The smallest absolute Gasteiger partial charge is 0.170 e. The Morgan fingerprint density at radius 1 is 1.13 bits per heavy atom. The first-order valence-corrected chi connectivity index (χ1v) is 7.44. The summed E-state index contributed by atoms with van der Waals surface area (Å²) in [7, 11) is 0. The van der Waals surface area contributed by atoms with Crippen LogP contribution >= 0.6 is 11.6 Å². The number of nitrogens with zero attached hydrogens (tertiary/aromatic N) is 1. The van der Waals surface area contributed by atoms with E-state index in [2.05, 4.69) is 5.16 Å². The number of amidine groups is 1. The van der Waals surface area contributed by atoms with Crippen molar-refractivity contribution < 1.29 is 15.4 Å². The Balaban J connectivity index is 0.000000253. The summed E-state index contributed by atoms with van der Waals surface area (Å²) in [6, 6.07) is 8.67. The molecular weight excluding hydrogens is 316 g/mol. The van der Waals surface area contributed by atoms with Crippen molar-refractivity contribution in [2.45, 2.75) is 27.2 Å². The number of benzene rings is 2. The molecule has 0 unspecified atom stereocenters. The van der Waals surface area contributed by atoms with Crippen LogP contribution in [0.3, 0.4) is 0 Å². The van der Waals surface area contributed by atoms with Crippen LogP contribution in [0.25, 0.3) is 0 Å². The first-order valence-electron chi connectivity index (χ1n) is 7.06. The lowest BCUT2D eigenvalue weighted by Gasteiger charge is -2.08. The Kier molecular flexibility index (Phi) is 6.72. The fraction of sp³-hybridized carbons (Fsp3) is 0.235.